The number of aliphatic hydroxyl groups excluding tert-OH is 1. The smallest absolute Gasteiger partial charge is 0.407 e. The average molecular weight is 556 g/mol. The van der Waals surface area contributed by atoms with Crippen LogP contribution < -0.4 is 10.6 Å². The van der Waals surface area contributed by atoms with Crippen LogP contribution in [-0.4, -0.2) is 76.0 Å². The Morgan fingerprint density at radius 2 is 1.87 bits per heavy atom. The molecule has 3 N–H and O–H groups in total. The number of hydrogen-bond donors (Lipinski definition) is 3. The molecule has 3 amide bonds. The SMILES string of the molecule is Cc1ccccc1CNC(=O)[C@H]1N(C(=O)[C@@H](O)[C@H](Cc2ccccc2)NC(=O)O[C@H]2CCOC2)CSC1(C)C. The van der Waals surface area contributed by atoms with Crippen molar-refractivity contribution in [3.05, 3.63) is 71.3 Å². The number of nitrogens with zero attached hydrogens (tertiary/aromatic N) is 1. The fourth-order valence-corrected chi connectivity index (χ4v) is 6.03. The highest BCUT2D eigenvalue weighted by atomic mass is 32.2. The number of alkyl carbamates (subject to hydrolysis) is 1. The molecule has 2 aromatic carbocycles. The summed E-state index contributed by atoms with van der Waals surface area (Å²) in [6.07, 6.45) is -1.87. The van der Waals surface area contributed by atoms with Gasteiger partial charge in [-0.05, 0) is 43.9 Å². The fraction of sp³-hybridized carbons (Fsp3) is 0.483. The molecule has 2 aromatic rings. The molecule has 2 saturated heterocycles. The van der Waals surface area contributed by atoms with E-state index in [-0.39, 0.29) is 24.3 Å². The average Bonchev–Trinajstić information content (AvgIpc) is 3.54. The minimum absolute atomic E-state index is 0.207. The summed E-state index contributed by atoms with van der Waals surface area (Å²) in [7, 11) is 0. The van der Waals surface area contributed by atoms with Gasteiger partial charge in [0.1, 0.15) is 12.1 Å². The van der Waals surface area contributed by atoms with Crippen molar-refractivity contribution in [1.82, 2.24) is 15.5 Å². The topological polar surface area (TPSA) is 117 Å². The van der Waals surface area contributed by atoms with Crippen LogP contribution in [0.1, 0.15) is 37.0 Å². The van der Waals surface area contributed by atoms with Crippen molar-refractivity contribution < 1.29 is 29.0 Å². The molecule has 2 aliphatic heterocycles. The van der Waals surface area contributed by atoms with Crippen LogP contribution in [0.25, 0.3) is 0 Å². The summed E-state index contributed by atoms with van der Waals surface area (Å²) in [6, 6.07) is 15.3. The van der Waals surface area contributed by atoms with Gasteiger partial charge in [-0.25, -0.2) is 4.79 Å². The summed E-state index contributed by atoms with van der Waals surface area (Å²) in [6.45, 7) is 6.97. The van der Waals surface area contributed by atoms with Crippen molar-refractivity contribution in [2.45, 2.75) is 69.2 Å². The van der Waals surface area contributed by atoms with Crippen LogP contribution in [0.2, 0.25) is 0 Å². The second kappa shape index (κ2) is 12.8. The predicted molar refractivity (Wildman–Crippen MR) is 149 cm³/mol. The Balaban J connectivity index is 1.48. The lowest BCUT2D eigenvalue weighted by Gasteiger charge is -2.33. The van der Waals surface area contributed by atoms with E-state index in [2.05, 4.69) is 10.6 Å². The van der Waals surface area contributed by atoms with E-state index in [9.17, 15) is 19.5 Å². The maximum atomic E-state index is 13.7. The molecule has 0 unspecified atom stereocenters. The van der Waals surface area contributed by atoms with Crippen molar-refractivity contribution >= 4 is 29.7 Å². The van der Waals surface area contributed by atoms with Crippen LogP contribution >= 0.6 is 11.8 Å². The van der Waals surface area contributed by atoms with Gasteiger partial charge in [-0.15, -0.1) is 11.8 Å². The molecule has 0 bridgehead atoms. The van der Waals surface area contributed by atoms with Gasteiger partial charge in [0.2, 0.25) is 5.91 Å². The third-order valence-electron chi connectivity index (χ3n) is 7.19. The number of thioether (sulfide) groups is 1. The standard InChI is InChI=1S/C29H37N3O6S/c1-19-9-7-8-12-21(19)16-30-26(34)25-29(2,3)39-18-32(25)27(35)24(33)23(15-20-10-5-4-6-11-20)31-28(36)38-22-13-14-37-17-22/h4-12,22-25,33H,13-18H2,1-3H3,(H,30,34)(H,31,36)/t22-,23-,24-,25+/m0/s1. The van der Waals surface area contributed by atoms with Crippen molar-refractivity contribution in [3.8, 4) is 0 Å². The summed E-state index contributed by atoms with van der Waals surface area (Å²) in [5.41, 5.74) is 2.89. The molecule has 0 radical (unpaired) electrons. The van der Waals surface area contributed by atoms with Gasteiger partial charge in [-0.1, -0.05) is 54.6 Å². The van der Waals surface area contributed by atoms with Gasteiger partial charge < -0.3 is 30.1 Å². The monoisotopic (exact) mass is 555 g/mol. The number of rotatable bonds is 9. The summed E-state index contributed by atoms with van der Waals surface area (Å²) >= 11 is 1.47. The number of ether oxygens (including phenoxy) is 2. The maximum Gasteiger partial charge on any atom is 0.407 e. The number of aryl methyl sites for hydroxylation is 1. The third kappa shape index (κ3) is 7.32. The lowest BCUT2D eigenvalue weighted by Crippen LogP contribution is -2.58. The van der Waals surface area contributed by atoms with E-state index < -0.39 is 34.9 Å². The minimum atomic E-state index is -1.58. The first-order chi connectivity index (χ1) is 18.7. The highest BCUT2D eigenvalue weighted by molar-refractivity contribution is 8.00. The van der Waals surface area contributed by atoms with E-state index in [1.54, 1.807) is 0 Å². The molecule has 2 aliphatic rings. The Morgan fingerprint density at radius 3 is 2.56 bits per heavy atom. The van der Waals surface area contributed by atoms with E-state index in [0.717, 1.165) is 16.7 Å². The van der Waals surface area contributed by atoms with Gasteiger partial charge >= 0.3 is 6.09 Å². The molecule has 0 spiro atoms. The molecule has 0 saturated carbocycles. The molecule has 210 valence electrons. The lowest BCUT2D eigenvalue weighted by molar-refractivity contribution is -0.147. The van der Waals surface area contributed by atoms with Gasteiger partial charge in [-0.2, -0.15) is 0 Å². The molecule has 10 heteroatoms. The molecule has 2 heterocycles. The summed E-state index contributed by atoms with van der Waals surface area (Å²) in [4.78, 5) is 41.2. The summed E-state index contributed by atoms with van der Waals surface area (Å²) < 4.78 is 10.1. The second-order valence-electron chi connectivity index (χ2n) is 10.5. The van der Waals surface area contributed by atoms with Gasteiger partial charge in [0.25, 0.3) is 5.91 Å². The van der Waals surface area contributed by atoms with Crippen LogP contribution in [0.3, 0.4) is 0 Å². The van der Waals surface area contributed by atoms with Crippen molar-refractivity contribution in [3.63, 3.8) is 0 Å². The quantitative estimate of drug-likeness (QED) is 0.436. The molecule has 9 nitrogen and oxygen atoms in total. The number of hydrogen-bond acceptors (Lipinski definition) is 7. The number of carbonyl (C=O) groups excluding carboxylic acids is 3. The molecule has 0 aromatic heterocycles. The Kier molecular flexibility index (Phi) is 9.53. The lowest BCUT2D eigenvalue weighted by atomic mass is 9.97. The molecule has 4 atom stereocenters. The zero-order valence-electron chi connectivity index (χ0n) is 22.6. The van der Waals surface area contributed by atoms with Gasteiger partial charge in [-0.3, -0.25) is 9.59 Å². The molecule has 39 heavy (non-hydrogen) atoms. The Hall–Kier alpha value is -3.08. The first-order valence-corrected chi connectivity index (χ1v) is 14.2. The Morgan fingerprint density at radius 1 is 1.15 bits per heavy atom. The normalized spacial score (nSPS) is 21.7. The number of amides is 3. The Labute approximate surface area is 233 Å². The van der Waals surface area contributed by atoms with Gasteiger partial charge in [0.15, 0.2) is 6.10 Å². The highest BCUT2D eigenvalue weighted by Crippen LogP contribution is 2.40. The number of carbonyl (C=O) groups is 3. The molecular weight excluding hydrogens is 518 g/mol. The van der Waals surface area contributed by atoms with E-state index in [0.29, 0.717) is 26.2 Å². The van der Waals surface area contributed by atoms with E-state index in [1.165, 1.54) is 16.7 Å². The van der Waals surface area contributed by atoms with Crippen molar-refractivity contribution in [1.29, 1.82) is 0 Å². The van der Waals surface area contributed by atoms with Crippen LogP contribution in [0, 0.1) is 6.92 Å². The number of nitrogens with one attached hydrogen (secondary N) is 2. The van der Waals surface area contributed by atoms with Crippen LogP contribution in [0.4, 0.5) is 4.79 Å². The fourth-order valence-electron chi connectivity index (χ4n) is 4.89. The van der Waals surface area contributed by atoms with Crippen molar-refractivity contribution in [2.75, 3.05) is 19.1 Å². The zero-order valence-corrected chi connectivity index (χ0v) is 23.4. The summed E-state index contributed by atoms with van der Waals surface area (Å²) in [5, 5.41) is 17.0. The molecule has 2 fully saturated rings. The van der Waals surface area contributed by atoms with Crippen LogP contribution in [0.5, 0.6) is 0 Å². The first kappa shape index (κ1) is 28.9. The predicted octanol–water partition coefficient (Wildman–Crippen LogP) is 2.78. The largest absolute Gasteiger partial charge is 0.444 e. The third-order valence-corrected chi connectivity index (χ3v) is 8.56. The van der Waals surface area contributed by atoms with E-state index in [1.807, 2.05) is 75.4 Å². The van der Waals surface area contributed by atoms with Gasteiger partial charge in [0, 0.05) is 17.7 Å². The molecule has 4 rings (SSSR count). The van der Waals surface area contributed by atoms with Gasteiger partial charge in [0.05, 0.1) is 25.1 Å². The number of benzene rings is 2. The van der Waals surface area contributed by atoms with Crippen LogP contribution in [0.15, 0.2) is 54.6 Å². The molecular formula is C29H37N3O6S. The zero-order chi connectivity index (χ0) is 28.0. The van der Waals surface area contributed by atoms with Crippen molar-refractivity contribution in [2.24, 2.45) is 0 Å². The van der Waals surface area contributed by atoms with E-state index in [4.69, 9.17) is 9.47 Å². The minimum Gasteiger partial charge on any atom is -0.444 e. The highest BCUT2D eigenvalue weighted by Gasteiger charge is 2.49. The summed E-state index contributed by atoms with van der Waals surface area (Å²) in [5.74, 6) is -0.663. The second-order valence-corrected chi connectivity index (χ2v) is 12.1. The first-order valence-electron chi connectivity index (χ1n) is 13.2. The molecule has 0 aliphatic carbocycles. The Bertz CT molecular complexity index is 1150. The number of aliphatic hydroxyl groups is 1. The maximum absolute atomic E-state index is 13.7. The van der Waals surface area contributed by atoms with Crippen LogP contribution in [-0.2, 0) is 32.0 Å². The van der Waals surface area contributed by atoms with E-state index >= 15 is 0 Å².